The summed E-state index contributed by atoms with van der Waals surface area (Å²) in [4.78, 5) is 0. The minimum absolute atomic E-state index is 0.202. The molecular formula is C21H20O2. The van der Waals surface area contributed by atoms with E-state index >= 15 is 0 Å². The lowest BCUT2D eigenvalue weighted by Crippen LogP contribution is -2.28. The molecule has 2 aliphatic rings. The molecule has 0 radical (unpaired) electrons. The average molecular weight is 304 g/mol. The van der Waals surface area contributed by atoms with Crippen molar-refractivity contribution in [2.45, 2.75) is 20.3 Å². The molecule has 2 nitrogen and oxygen atoms in total. The van der Waals surface area contributed by atoms with Gasteiger partial charge in [0.05, 0.1) is 7.11 Å². The number of fused-ring (bicyclic) bond motifs is 4. The van der Waals surface area contributed by atoms with Crippen LogP contribution in [-0.4, -0.2) is 12.2 Å². The summed E-state index contributed by atoms with van der Waals surface area (Å²) < 4.78 is 5.38. The molecule has 0 amide bonds. The van der Waals surface area contributed by atoms with Gasteiger partial charge in [-0.1, -0.05) is 43.3 Å². The molecule has 116 valence electrons. The first-order valence-electron chi connectivity index (χ1n) is 7.94. The summed E-state index contributed by atoms with van der Waals surface area (Å²) in [6.07, 6.45) is 3.19. The number of methoxy groups -OCH3 is 1. The minimum Gasteiger partial charge on any atom is -0.507 e. The maximum atomic E-state index is 11.0. The van der Waals surface area contributed by atoms with Gasteiger partial charge in [-0.2, -0.15) is 0 Å². The Morgan fingerprint density at radius 3 is 2.70 bits per heavy atom. The number of hydrogen-bond acceptors (Lipinski definition) is 2. The molecule has 4 rings (SSSR count). The Morgan fingerprint density at radius 1 is 1.13 bits per heavy atom. The van der Waals surface area contributed by atoms with E-state index in [1.165, 1.54) is 11.1 Å². The van der Waals surface area contributed by atoms with Gasteiger partial charge in [0.2, 0.25) is 0 Å². The molecule has 0 spiro atoms. The van der Waals surface area contributed by atoms with Crippen molar-refractivity contribution < 1.29 is 9.84 Å². The van der Waals surface area contributed by atoms with E-state index in [0.717, 1.165) is 33.8 Å². The lowest BCUT2D eigenvalue weighted by atomic mass is 9.81. The number of allylic oxidation sites excluding steroid dienone is 2. The first-order chi connectivity index (χ1) is 11.0. The highest BCUT2D eigenvalue weighted by atomic mass is 16.5. The Kier molecular flexibility index (Phi) is 2.92. The third-order valence-corrected chi connectivity index (χ3v) is 5.14. The third kappa shape index (κ3) is 1.94. The molecule has 1 unspecified atom stereocenters. The number of aliphatic hydroxyl groups is 1. The molecule has 0 heterocycles. The van der Waals surface area contributed by atoms with Crippen LogP contribution in [0.3, 0.4) is 0 Å². The van der Waals surface area contributed by atoms with Crippen LogP contribution in [-0.2, 0) is 6.42 Å². The average Bonchev–Trinajstić information content (AvgIpc) is 2.80. The van der Waals surface area contributed by atoms with Crippen molar-refractivity contribution in [3.63, 3.8) is 0 Å². The van der Waals surface area contributed by atoms with Gasteiger partial charge >= 0.3 is 0 Å². The van der Waals surface area contributed by atoms with Crippen molar-refractivity contribution in [3.05, 3.63) is 69.8 Å². The summed E-state index contributed by atoms with van der Waals surface area (Å²) >= 11 is 0. The second-order valence-electron chi connectivity index (χ2n) is 6.70. The van der Waals surface area contributed by atoms with Crippen molar-refractivity contribution in [2.24, 2.45) is 5.41 Å². The molecule has 0 saturated carbocycles. The van der Waals surface area contributed by atoms with Gasteiger partial charge < -0.3 is 9.84 Å². The van der Waals surface area contributed by atoms with E-state index < -0.39 is 0 Å². The number of ether oxygens (including phenoxy) is 1. The van der Waals surface area contributed by atoms with Crippen LogP contribution in [0, 0.1) is 5.41 Å². The monoisotopic (exact) mass is 304 g/mol. The molecule has 0 saturated heterocycles. The van der Waals surface area contributed by atoms with E-state index in [2.05, 4.69) is 37.3 Å². The molecule has 1 N–H and O–H groups in total. The minimum atomic E-state index is -0.202. The zero-order valence-corrected chi connectivity index (χ0v) is 13.7. The molecule has 0 aliphatic heterocycles. The van der Waals surface area contributed by atoms with Crippen LogP contribution in [0.15, 0.2) is 48.2 Å². The van der Waals surface area contributed by atoms with Gasteiger partial charge in [-0.25, -0.2) is 0 Å². The summed E-state index contributed by atoms with van der Waals surface area (Å²) in [6, 6.07) is 14.4. The van der Waals surface area contributed by atoms with Crippen LogP contribution >= 0.6 is 0 Å². The van der Waals surface area contributed by atoms with Crippen molar-refractivity contribution in [2.75, 3.05) is 7.11 Å². The lowest BCUT2D eigenvalue weighted by molar-refractivity contribution is 0.414. The summed E-state index contributed by atoms with van der Waals surface area (Å²) in [5.41, 5.74) is 4.23. The van der Waals surface area contributed by atoms with Gasteiger partial charge in [-0.05, 0) is 52.6 Å². The number of benzene rings is 2. The smallest absolute Gasteiger partial charge is 0.123 e. The van der Waals surface area contributed by atoms with E-state index in [0.29, 0.717) is 5.76 Å². The summed E-state index contributed by atoms with van der Waals surface area (Å²) in [5, 5.41) is 13.2. The number of rotatable bonds is 1. The van der Waals surface area contributed by atoms with E-state index in [1.807, 2.05) is 25.1 Å². The highest BCUT2D eigenvalue weighted by Gasteiger charge is 2.39. The van der Waals surface area contributed by atoms with Gasteiger partial charge in [0.25, 0.3) is 0 Å². The lowest BCUT2D eigenvalue weighted by Gasteiger charge is -2.22. The van der Waals surface area contributed by atoms with Gasteiger partial charge in [-0.15, -0.1) is 0 Å². The fourth-order valence-corrected chi connectivity index (χ4v) is 4.02. The molecule has 0 bridgehead atoms. The van der Waals surface area contributed by atoms with Gasteiger partial charge in [0.1, 0.15) is 11.5 Å². The molecule has 0 fully saturated rings. The number of hydrogen-bond donors (Lipinski definition) is 1. The highest BCUT2D eigenvalue weighted by Crippen LogP contribution is 2.50. The van der Waals surface area contributed by atoms with Crippen LogP contribution in [0.5, 0.6) is 5.75 Å². The first kappa shape index (κ1) is 14.1. The van der Waals surface area contributed by atoms with Crippen molar-refractivity contribution >= 4 is 17.2 Å². The van der Waals surface area contributed by atoms with Crippen LogP contribution in [0.25, 0.3) is 17.2 Å². The van der Waals surface area contributed by atoms with Crippen LogP contribution in [0.2, 0.25) is 0 Å². The van der Waals surface area contributed by atoms with Crippen LogP contribution < -0.4 is 15.2 Å². The molecular weight excluding hydrogens is 284 g/mol. The molecule has 0 aromatic heterocycles. The Bertz CT molecular complexity index is 966. The Hall–Kier alpha value is -2.48. The normalized spacial score (nSPS) is 22.0. The van der Waals surface area contributed by atoms with Gasteiger partial charge in [0, 0.05) is 11.0 Å². The van der Waals surface area contributed by atoms with E-state index in [1.54, 1.807) is 7.11 Å². The zero-order chi connectivity index (χ0) is 16.2. The maximum Gasteiger partial charge on any atom is 0.123 e. The molecule has 2 aliphatic carbocycles. The largest absolute Gasteiger partial charge is 0.507 e. The zero-order valence-electron chi connectivity index (χ0n) is 13.7. The standard InChI is InChI=1S/C21H20O2/c1-13-17-9-8-16(23-3)10-15(17)12-21(2)11-14-6-4-5-7-18(14)19(21)20(13)22/h4-10,12,22H,11H2,1-3H3. The molecule has 2 heteroatoms. The summed E-state index contributed by atoms with van der Waals surface area (Å²) in [5.74, 6) is 1.26. The van der Waals surface area contributed by atoms with Crippen molar-refractivity contribution in [1.29, 1.82) is 0 Å². The summed E-state index contributed by atoms with van der Waals surface area (Å²) in [6.45, 7) is 4.20. The van der Waals surface area contributed by atoms with Crippen LogP contribution in [0.4, 0.5) is 0 Å². The topological polar surface area (TPSA) is 29.5 Å². The molecule has 1 atom stereocenters. The van der Waals surface area contributed by atoms with Crippen LogP contribution in [0.1, 0.15) is 25.0 Å². The molecule has 23 heavy (non-hydrogen) atoms. The Labute approximate surface area is 136 Å². The fourth-order valence-electron chi connectivity index (χ4n) is 4.02. The Morgan fingerprint density at radius 2 is 1.91 bits per heavy atom. The maximum absolute atomic E-state index is 11.0. The predicted octanol–water partition coefficient (Wildman–Crippen LogP) is 3.19. The highest BCUT2D eigenvalue weighted by molar-refractivity contribution is 5.90. The predicted molar refractivity (Wildman–Crippen MR) is 93.6 cm³/mol. The first-order valence-corrected chi connectivity index (χ1v) is 7.94. The summed E-state index contributed by atoms with van der Waals surface area (Å²) in [7, 11) is 1.68. The second-order valence-corrected chi connectivity index (χ2v) is 6.70. The quantitative estimate of drug-likeness (QED) is 0.877. The number of aliphatic hydroxyl groups excluding tert-OH is 1. The van der Waals surface area contributed by atoms with E-state index in [9.17, 15) is 5.11 Å². The van der Waals surface area contributed by atoms with E-state index in [4.69, 9.17) is 4.74 Å². The van der Waals surface area contributed by atoms with Gasteiger partial charge in [-0.3, -0.25) is 0 Å². The SMILES string of the molecule is COc1ccc2c(c1)=CC1(C)Cc3ccccc3C1=C(O)C=2C. The molecule has 2 aromatic rings. The van der Waals surface area contributed by atoms with Crippen molar-refractivity contribution in [1.82, 2.24) is 0 Å². The second kappa shape index (κ2) is 4.76. The van der Waals surface area contributed by atoms with Gasteiger partial charge in [0.15, 0.2) is 0 Å². The molecule has 2 aromatic carbocycles. The third-order valence-electron chi connectivity index (χ3n) is 5.14. The van der Waals surface area contributed by atoms with Crippen molar-refractivity contribution in [3.8, 4) is 5.75 Å². The Balaban J connectivity index is 2.11. The van der Waals surface area contributed by atoms with E-state index in [-0.39, 0.29) is 5.41 Å². The fraction of sp³-hybridized carbons (Fsp3) is 0.238.